The second-order valence-corrected chi connectivity index (χ2v) is 3.78. The molecule has 2 heteroatoms. The molecule has 0 saturated carbocycles. The Balaban J connectivity index is 2.00. The highest BCUT2D eigenvalue weighted by molar-refractivity contribution is 6.30. The molecule has 1 aromatic carbocycles. The summed E-state index contributed by atoms with van der Waals surface area (Å²) in [5.41, 5.74) is 1.77. The third kappa shape index (κ3) is 2.49. The second kappa shape index (κ2) is 4.33. The van der Waals surface area contributed by atoms with Crippen LogP contribution in [-0.4, -0.2) is 5.78 Å². The maximum atomic E-state index is 11.0. The summed E-state index contributed by atoms with van der Waals surface area (Å²) in [5.74, 6) is 6.18. The van der Waals surface area contributed by atoms with Gasteiger partial charge in [0.25, 0.3) is 0 Å². The van der Waals surface area contributed by atoms with Crippen LogP contribution in [0.5, 0.6) is 0 Å². The van der Waals surface area contributed by atoms with Gasteiger partial charge in [0, 0.05) is 29.0 Å². The first kappa shape index (κ1) is 10.0. The molecule has 0 aromatic heterocycles. The number of benzene rings is 1. The lowest BCUT2D eigenvalue weighted by atomic mass is 9.94. The van der Waals surface area contributed by atoms with Gasteiger partial charge >= 0.3 is 0 Å². The van der Waals surface area contributed by atoms with Crippen molar-refractivity contribution in [3.8, 4) is 11.8 Å². The topological polar surface area (TPSA) is 17.1 Å². The highest BCUT2D eigenvalue weighted by Gasteiger charge is 2.14. The average Bonchev–Trinajstić information content (AvgIpc) is 2.25. The molecule has 0 unspecified atom stereocenters. The Labute approximate surface area is 93.8 Å². The first-order valence-corrected chi connectivity index (χ1v) is 5.10. The molecule has 0 fully saturated rings. The van der Waals surface area contributed by atoms with E-state index in [9.17, 15) is 4.79 Å². The van der Waals surface area contributed by atoms with E-state index in [-0.39, 0.29) is 5.78 Å². The molecule has 74 valence electrons. The van der Waals surface area contributed by atoms with Crippen molar-refractivity contribution in [1.82, 2.24) is 0 Å². The molecule has 0 amide bonds. The maximum absolute atomic E-state index is 11.0. The summed E-state index contributed by atoms with van der Waals surface area (Å²) in [6.45, 7) is 0. The summed E-state index contributed by atoms with van der Waals surface area (Å²) in [6, 6.07) is 7.34. The molecule has 2 rings (SSSR count). The fraction of sp³-hybridized carbons (Fsp3) is 0.154. The first-order chi connectivity index (χ1) is 7.25. The molecule has 0 radical (unpaired) electrons. The monoisotopic (exact) mass is 216 g/mol. The highest BCUT2D eigenvalue weighted by atomic mass is 35.5. The number of hydrogen-bond donors (Lipinski definition) is 0. The maximum Gasteiger partial charge on any atom is 0.163 e. The van der Waals surface area contributed by atoms with Crippen LogP contribution in [0.1, 0.15) is 18.4 Å². The third-order valence-corrected chi connectivity index (χ3v) is 2.50. The molecule has 0 bridgehead atoms. The van der Waals surface area contributed by atoms with Crippen LogP contribution in [0.3, 0.4) is 0 Å². The number of carbonyl (C=O) groups is 1. The van der Waals surface area contributed by atoms with Crippen LogP contribution in [0.25, 0.3) is 0 Å². The van der Waals surface area contributed by atoms with E-state index in [1.807, 2.05) is 18.2 Å². The van der Waals surface area contributed by atoms with Gasteiger partial charge in [0.1, 0.15) is 0 Å². The zero-order chi connectivity index (χ0) is 10.7. The minimum atomic E-state index is 0.223. The van der Waals surface area contributed by atoms with E-state index in [2.05, 4.69) is 11.8 Å². The minimum absolute atomic E-state index is 0.223. The van der Waals surface area contributed by atoms with Gasteiger partial charge < -0.3 is 0 Å². The molecular weight excluding hydrogens is 208 g/mol. The van der Waals surface area contributed by atoms with Gasteiger partial charge in [-0.15, -0.1) is 0 Å². The number of Topliss-reactive ketones (excluding diaryl/α,β-unsaturated/α-hetero) is 1. The van der Waals surface area contributed by atoms with E-state index in [0.29, 0.717) is 17.9 Å². The molecular formula is C13H9ClO. The SMILES string of the molecule is O=C1CC=C1CC#Cc1ccc(Cl)cc1. The molecule has 1 nitrogen and oxygen atoms in total. The van der Waals surface area contributed by atoms with Gasteiger partial charge in [-0.25, -0.2) is 0 Å². The van der Waals surface area contributed by atoms with Crippen LogP contribution in [0.4, 0.5) is 0 Å². The smallest absolute Gasteiger partial charge is 0.163 e. The van der Waals surface area contributed by atoms with Gasteiger partial charge in [0.2, 0.25) is 0 Å². The molecule has 0 aliphatic heterocycles. The van der Waals surface area contributed by atoms with Crippen molar-refractivity contribution < 1.29 is 4.79 Å². The lowest BCUT2D eigenvalue weighted by Gasteiger charge is -2.08. The van der Waals surface area contributed by atoms with E-state index in [4.69, 9.17) is 11.6 Å². The predicted molar refractivity (Wildman–Crippen MR) is 60.7 cm³/mol. The fourth-order valence-electron chi connectivity index (χ4n) is 1.28. The van der Waals surface area contributed by atoms with E-state index in [1.165, 1.54) is 0 Å². The van der Waals surface area contributed by atoms with E-state index in [1.54, 1.807) is 12.1 Å². The Morgan fingerprint density at radius 2 is 2.00 bits per heavy atom. The summed E-state index contributed by atoms with van der Waals surface area (Å²) >= 11 is 5.74. The Morgan fingerprint density at radius 1 is 1.27 bits per heavy atom. The van der Waals surface area contributed by atoms with Crippen molar-refractivity contribution in [2.45, 2.75) is 12.8 Å². The molecule has 0 N–H and O–H groups in total. The molecule has 15 heavy (non-hydrogen) atoms. The van der Waals surface area contributed by atoms with Gasteiger partial charge in [0.05, 0.1) is 0 Å². The third-order valence-electron chi connectivity index (χ3n) is 2.25. The Bertz CT molecular complexity index is 471. The van der Waals surface area contributed by atoms with Crippen LogP contribution in [-0.2, 0) is 4.79 Å². The molecule has 0 heterocycles. The van der Waals surface area contributed by atoms with E-state index >= 15 is 0 Å². The second-order valence-electron chi connectivity index (χ2n) is 3.34. The number of ketones is 1. The van der Waals surface area contributed by atoms with Gasteiger partial charge in [-0.05, 0) is 24.3 Å². The summed E-state index contributed by atoms with van der Waals surface area (Å²) < 4.78 is 0. The number of carbonyl (C=O) groups excluding carboxylic acids is 1. The van der Waals surface area contributed by atoms with Crippen molar-refractivity contribution in [1.29, 1.82) is 0 Å². The predicted octanol–water partition coefficient (Wildman–Crippen LogP) is 2.98. The summed E-state index contributed by atoms with van der Waals surface area (Å²) in [7, 11) is 0. The number of allylic oxidation sites excluding steroid dienone is 2. The normalized spacial score (nSPS) is 13.7. The number of rotatable bonds is 1. The van der Waals surface area contributed by atoms with Crippen LogP contribution in [0.15, 0.2) is 35.9 Å². The van der Waals surface area contributed by atoms with Crippen molar-refractivity contribution in [2.75, 3.05) is 0 Å². The molecule has 1 aromatic rings. The summed E-state index contributed by atoms with van der Waals surface area (Å²) in [4.78, 5) is 11.0. The van der Waals surface area contributed by atoms with Gasteiger partial charge in [-0.1, -0.05) is 29.5 Å². The van der Waals surface area contributed by atoms with Crippen molar-refractivity contribution >= 4 is 17.4 Å². The summed E-state index contributed by atoms with van der Waals surface area (Å²) in [6.07, 6.45) is 3.07. The molecule has 0 saturated heterocycles. The van der Waals surface area contributed by atoms with Crippen LogP contribution in [0, 0.1) is 11.8 Å². The quantitative estimate of drug-likeness (QED) is 0.660. The molecule has 1 aliphatic carbocycles. The standard InChI is InChI=1S/C13H9ClO/c14-12-7-4-10(5-8-12)2-1-3-11-6-9-13(11)15/h4-8H,3,9H2. The van der Waals surface area contributed by atoms with Gasteiger partial charge in [0.15, 0.2) is 5.78 Å². The van der Waals surface area contributed by atoms with Gasteiger partial charge in [-0.2, -0.15) is 0 Å². The number of halogens is 1. The zero-order valence-electron chi connectivity index (χ0n) is 8.09. The average molecular weight is 217 g/mol. The van der Waals surface area contributed by atoms with Crippen molar-refractivity contribution in [2.24, 2.45) is 0 Å². The van der Waals surface area contributed by atoms with Crippen LogP contribution >= 0.6 is 11.6 Å². The lowest BCUT2D eigenvalue weighted by Crippen LogP contribution is -2.09. The van der Waals surface area contributed by atoms with Crippen molar-refractivity contribution in [3.05, 3.63) is 46.5 Å². The van der Waals surface area contributed by atoms with Crippen LogP contribution in [0.2, 0.25) is 5.02 Å². The minimum Gasteiger partial charge on any atom is -0.294 e. The largest absolute Gasteiger partial charge is 0.294 e. The highest BCUT2D eigenvalue weighted by Crippen LogP contribution is 2.16. The summed E-state index contributed by atoms with van der Waals surface area (Å²) in [5, 5.41) is 0.706. The van der Waals surface area contributed by atoms with E-state index < -0.39 is 0 Å². The van der Waals surface area contributed by atoms with Crippen LogP contribution < -0.4 is 0 Å². The lowest BCUT2D eigenvalue weighted by molar-refractivity contribution is -0.116. The molecule has 0 atom stereocenters. The Kier molecular flexibility index (Phi) is 2.89. The molecule has 0 spiro atoms. The number of hydrogen-bond acceptors (Lipinski definition) is 1. The van der Waals surface area contributed by atoms with Crippen molar-refractivity contribution in [3.63, 3.8) is 0 Å². The zero-order valence-corrected chi connectivity index (χ0v) is 8.84. The van der Waals surface area contributed by atoms with E-state index in [0.717, 1.165) is 11.1 Å². The first-order valence-electron chi connectivity index (χ1n) is 4.72. The molecule has 1 aliphatic rings. The fourth-order valence-corrected chi connectivity index (χ4v) is 1.40. The Hall–Kier alpha value is -1.52. The van der Waals surface area contributed by atoms with Gasteiger partial charge in [-0.3, -0.25) is 4.79 Å². The Morgan fingerprint density at radius 3 is 2.53 bits per heavy atom.